The zero-order chi connectivity index (χ0) is 14.5. The number of ether oxygens (including phenoxy) is 1. The number of hydrogen-bond donors (Lipinski definition) is 1. The molecule has 20 heavy (non-hydrogen) atoms. The van der Waals surface area contributed by atoms with E-state index in [0.29, 0.717) is 5.56 Å². The molecule has 2 aromatic carbocycles. The largest absolute Gasteiger partial charge is 0.491 e. The van der Waals surface area contributed by atoms with Crippen LogP contribution in [0.4, 0.5) is 5.69 Å². The van der Waals surface area contributed by atoms with E-state index < -0.39 is 0 Å². The molecule has 4 heteroatoms. The molecule has 0 saturated heterocycles. The Kier molecular flexibility index (Phi) is 4.79. The standard InChI is InChI=1S/C16H16BrNO2/c1-11(2)20-13-9-7-12(8-10-13)16(19)18-15-6-4-3-5-14(15)17/h3-11H,1-2H3,(H,18,19). The van der Waals surface area contributed by atoms with Gasteiger partial charge in [0.25, 0.3) is 5.91 Å². The molecule has 2 rings (SSSR count). The molecular formula is C16H16BrNO2. The van der Waals surface area contributed by atoms with E-state index in [1.807, 2.05) is 38.1 Å². The Balaban J connectivity index is 2.08. The van der Waals surface area contributed by atoms with Crippen LogP contribution in [-0.2, 0) is 0 Å². The first-order chi connectivity index (χ1) is 9.56. The van der Waals surface area contributed by atoms with Crippen molar-refractivity contribution in [2.75, 3.05) is 5.32 Å². The second kappa shape index (κ2) is 6.57. The van der Waals surface area contributed by atoms with E-state index in [4.69, 9.17) is 4.74 Å². The molecule has 3 nitrogen and oxygen atoms in total. The monoisotopic (exact) mass is 333 g/mol. The van der Waals surface area contributed by atoms with Gasteiger partial charge in [-0.25, -0.2) is 0 Å². The topological polar surface area (TPSA) is 38.3 Å². The van der Waals surface area contributed by atoms with Gasteiger partial charge in [0.1, 0.15) is 5.75 Å². The number of para-hydroxylation sites is 1. The average molecular weight is 334 g/mol. The van der Waals surface area contributed by atoms with Crippen LogP contribution in [0.2, 0.25) is 0 Å². The lowest BCUT2D eigenvalue weighted by molar-refractivity contribution is 0.102. The molecule has 1 N–H and O–H groups in total. The minimum absolute atomic E-state index is 0.120. The summed E-state index contributed by atoms with van der Waals surface area (Å²) in [4.78, 5) is 12.1. The fraction of sp³-hybridized carbons (Fsp3) is 0.188. The van der Waals surface area contributed by atoms with E-state index in [9.17, 15) is 4.79 Å². The zero-order valence-corrected chi connectivity index (χ0v) is 13.0. The molecule has 0 aliphatic carbocycles. The van der Waals surface area contributed by atoms with E-state index in [2.05, 4.69) is 21.2 Å². The summed E-state index contributed by atoms with van der Waals surface area (Å²) in [7, 11) is 0. The van der Waals surface area contributed by atoms with Crippen LogP contribution in [0.5, 0.6) is 5.75 Å². The van der Waals surface area contributed by atoms with Crippen molar-refractivity contribution >= 4 is 27.5 Å². The quantitative estimate of drug-likeness (QED) is 0.895. The van der Waals surface area contributed by atoms with Gasteiger partial charge in [0.15, 0.2) is 0 Å². The van der Waals surface area contributed by atoms with Gasteiger partial charge in [-0.1, -0.05) is 12.1 Å². The highest BCUT2D eigenvalue weighted by atomic mass is 79.9. The molecule has 0 saturated carbocycles. The van der Waals surface area contributed by atoms with Crippen molar-refractivity contribution in [1.29, 1.82) is 0 Å². The summed E-state index contributed by atoms with van der Waals surface area (Å²) in [5.74, 6) is 0.616. The number of rotatable bonds is 4. The SMILES string of the molecule is CC(C)Oc1ccc(C(=O)Nc2ccccc2Br)cc1. The number of anilines is 1. The Labute approximate surface area is 127 Å². The zero-order valence-electron chi connectivity index (χ0n) is 11.4. The highest BCUT2D eigenvalue weighted by Crippen LogP contribution is 2.22. The van der Waals surface area contributed by atoms with Crippen molar-refractivity contribution in [3.05, 3.63) is 58.6 Å². The van der Waals surface area contributed by atoms with Crippen LogP contribution in [0.1, 0.15) is 24.2 Å². The van der Waals surface area contributed by atoms with E-state index in [1.54, 1.807) is 24.3 Å². The van der Waals surface area contributed by atoms with E-state index in [1.165, 1.54) is 0 Å². The predicted octanol–water partition coefficient (Wildman–Crippen LogP) is 4.49. The number of nitrogens with one attached hydrogen (secondary N) is 1. The second-order valence-corrected chi connectivity index (χ2v) is 5.48. The molecule has 0 bridgehead atoms. The lowest BCUT2D eigenvalue weighted by Crippen LogP contribution is -2.12. The van der Waals surface area contributed by atoms with Crippen molar-refractivity contribution in [2.24, 2.45) is 0 Å². The van der Waals surface area contributed by atoms with E-state index in [-0.39, 0.29) is 12.0 Å². The van der Waals surface area contributed by atoms with E-state index in [0.717, 1.165) is 15.9 Å². The van der Waals surface area contributed by atoms with Crippen LogP contribution >= 0.6 is 15.9 Å². The molecule has 0 atom stereocenters. The molecule has 0 heterocycles. The first-order valence-electron chi connectivity index (χ1n) is 6.39. The number of carbonyl (C=O) groups excluding carboxylic acids is 1. The first kappa shape index (κ1) is 14.6. The van der Waals surface area contributed by atoms with Gasteiger partial charge >= 0.3 is 0 Å². The third kappa shape index (κ3) is 3.84. The first-order valence-corrected chi connectivity index (χ1v) is 7.18. The normalized spacial score (nSPS) is 10.4. The fourth-order valence-corrected chi connectivity index (χ4v) is 2.10. The Bertz CT molecular complexity index is 594. The van der Waals surface area contributed by atoms with Gasteiger partial charge < -0.3 is 10.1 Å². The number of benzene rings is 2. The van der Waals surface area contributed by atoms with Crippen molar-refractivity contribution in [2.45, 2.75) is 20.0 Å². The summed E-state index contributed by atoms with van der Waals surface area (Å²) >= 11 is 3.40. The Morgan fingerprint density at radius 2 is 1.75 bits per heavy atom. The number of amides is 1. The molecule has 104 valence electrons. The fourth-order valence-electron chi connectivity index (χ4n) is 1.71. The summed E-state index contributed by atoms with van der Waals surface area (Å²) in [6.07, 6.45) is 0.120. The van der Waals surface area contributed by atoms with Gasteiger partial charge in [-0.3, -0.25) is 4.79 Å². The Morgan fingerprint density at radius 1 is 1.10 bits per heavy atom. The highest BCUT2D eigenvalue weighted by Gasteiger charge is 2.08. The van der Waals surface area contributed by atoms with Crippen molar-refractivity contribution in [3.63, 3.8) is 0 Å². The van der Waals surface area contributed by atoms with Crippen LogP contribution in [-0.4, -0.2) is 12.0 Å². The minimum atomic E-state index is -0.145. The molecule has 0 radical (unpaired) electrons. The van der Waals surface area contributed by atoms with Gasteiger partial charge in [-0.2, -0.15) is 0 Å². The van der Waals surface area contributed by atoms with Crippen LogP contribution in [0.25, 0.3) is 0 Å². The maximum absolute atomic E-state index is 12.1. The summed E-state index contributed by atoms with van der Waals surface area (Å²) in [6, 6.07) is 14.6. The highest BCUT2D eigenvalue weighted by molar-refractivity contribution is 9.10. The lowest BCUT2D eigenvalue weighted by atomic mass is 10.2. The van der Waals surface area contributed by atoms with Crippen molar-refractivity contribution in [3.8, 4) is 5.75 Å². The Morgan fingerprint density at radius 3 is 2.35 bits per heavy atom. The maximum Gasteiger partial charge on any atom is 0.255 e. The van der Waals surface area contributed by atoms with Crippen molar-refractivity contribution in [1.82, 2.24) is 0 Å². The summed E-state index contributed by atoms with van der Waals surface area (Å²) in [5.41, 5.74) is 1.34. The molecule has 0 spiro atoms. The molecule has 0 aliphatic rings. The number of halogens is 1. The maximum atomic E-state index is 12.1. The van der Waals surface area contributed by atoms with Crippen LogP contribution in [0.15, 0.2) is 53.0 Å². The molecule has 2 aromatic rings. The average Bonchev–Trinajstić information content (AvgIpc) is 2.41. The van der Waals surface area contributed by atoms with Gasteiger partial charge in [0.2, 0.25) is 0 Å². The minimum Gasteiger partial charge on any atom is -0.491 e. The molecule has 0 aromatic heterocycles. The molecule has 0 fully saturated rings. The van der Waals surface area contributed by atoms with Gasteiger partial charge in [0, 0.05) is 10.0 Å². The summed E-state index contributed by atoms with van der Waals surface area (Å²) in [5, 5.41) is 2.86. The van der Waals surface area contributed by atoms with E-state index >= 15 is 0 Å². The molecular weight excluding hydrogens is 318 g/mol. The third-order valence-electron chi connectivity index (χ3n) is 2.61. The van der Waals surface area contributed by atoms with Gasteiger partial charge in [-0.15, -0.1) is 0 Å². The lowest BCUT2D eigenvalue weighted by Gasteiger charge is -2.10. The van der Waals surface area contributed by atoms with Crippen LogP contribution < -0.4 is 10.1 Å². The molecule has 1 amide bonds. The van der Waals surface area contributed by atoms with Gasteiger partial charge in [0.05, 0.1) is 11.8 Å². The predicted molar refractivity (Wildman–Crippen MR) is 84.3 cm³/mol. The molecule has 0 unspecified atom stereocenters. The van der Waals surface area contributed by atoms with Crippen LogP contribution in [0.3, 0.4) is 0 Å². The number of carbonyl (C=O) groups is 1. The van der Waals surface area contributed by atoms with Crippen molar-refractivity contribution < 1.29 is 9.53 Å². The van der Waals surface area contributed by atoms with Gasteiger partial charge in [-0.05, 0) is 66.2 Å². The number of hydrogen-bond acceptors (Lipinski definition) is 2. The Hall–Kier alpha value is -1.81. The summed E-state index contributed by atoms with van der Waals surface area (Å²) in [6.45, 7) is 3.93. The second-order valence-electron chi connectivity index (χ2n) is 4.62. The third-order valence-corrected chi connectivity index (χ3v) is 3.30. The van der Waals surface area contributed by atoms with Crippen LogP contribution in [0, 0.1) is 0 Å². The summed E-state index contributed by atoms with van der Waals surface area (Å²) < 4.78 is 6.40. The molecule has 0 aliphatic heterocycles. The smallest absolute Gasteiger partial charge is 0.255 e.